The van der Waals surface area contributed by atoms with E-state index in [-0.39, 0.29) is 29.1 Å². The van der Waals surface area contributed by atoms with Gasteiger partial charge in [-0.1, -0.05) is 30.3 Å². The number of amides is 2. The molecule has 3 aromatic rings. The molecule has 0 saturated heterocycles. The van der Waals surface area contributed by atoms with E-state index in [1.54, 1.807) is 49.4 Å². The molecule has 0 saturated carbocycles. The van der Waals surface area contributed by atoms with Crippen LogP contribution in [-0.2, 0) is 26.2 Å². The van der Waals surface area contributed by atoms with Crippen molar-refractivity contribution in [3.05, 3.63) is 90.2 Å². The zero-order valence-electron chi connectivity index (χ0n) is 21.8. The summed E-state index contributed by atoms with van der Waals surface area (Å²) in [5, 5.41) is 2.80. The van der Waals surface area contributed by atoms with Gasteiger partial charge in [0.2, 0.25) is 11.8 Å². The van der Waals surface area contributed by atoms with Crippen molar-refractivity contribution in [2.45, 2.75) is 44.3 Å². The second-order valence-electron chi connectivity index (χ2n) is 9.01. The highest BCUT2D eigenvalue weighted by Gasteiger charge is 2.32. The highest BCUT2D eigenvalue weighted by Crippen LogP contribution is 2.25. The summed E-state index contributed by atoms with van der Waals surface area (Å²) in [4.78, 5) is 28.0. The Morgan fingerprint density at radius 3 is 2.21 bits per heavy atom. The average molecular weight is 542 g/mol. The molecule has 0 aliphatic rings. The lowest BCUT2D eigenvalue weighted by molar-refractivity contribution is -0.139. The number of nitrogens with zero attached hydrogens (tertiary/aromatic N) is 2. The fraction of sp³-hybridized carbons (Fsp3) is 0.286. The van der Waals surface area contributed by atoms with E-state index < -0.39 is 34.3 Å². The van der Waals surface area contributed by atoms with E-state index in [4.69, 9.17) is 4.74 Å². The van der Waals surface area contributed by atoms with Gasteiger partial charge in [0.05, 0.1) is 17.7 Å². The van der Waals surface area contributed by atoms with Gasteiger partial charge in [0, 0.05) is 12.6 Å². The summed E-state index contributed by atoms with van der Waals surface area (Å²) in [5.74, 6) is -0.955. The summed E-state index contributed by atoms with van der Waals surface area (Å²) in [6.07, 6.45) is 0. The van der Waals surface area contributed by atoms with Gasteiger partial charge in [0.1, 0.15) is 24.2 Å². The van der Waals surface area contributed by atoms with Crippen LogP contribution in [0.3, 0.4) is 0 Å². The van der Waals surface area contributed by atoms with E-state index in [1.165, 1.54) is 36.3 Å². The summed E-state index contributed by atoms with van der Waals surface area (Å²) < 4.78 is 47.1. The number of benzene rings is 3. The predicted octanol–water partition coefficient (Wildman–Crippen LogP) is 3.97. The Morgan fingerprint density at radius 1 is 0.947 bits per heavy atom. The van der Waals surface area contributed by atoms with Crippen molar-refractivity contribution < 1.29 is 27.1 Å². The lowest BCUT2D eigenvalue weighted by atomic mass is 10.1. The second kappa shape index (κ2) is 12.6. The standard InChI is InChI=1S/C28H32FN3O5S/c1-20(2)30-28(34)21(3)31(18-22-9-8-10-25(17-22)37-4)27(33)19-32(24-15-13-23(29)14-16-24)38(35,36)26-11-6-5-7-12-26/h5-17,20-21H,18-19H2,1-4H3,(H,30,34)/t21-/m1/s1. The van der Waals surface area contributed by atoms with E-state index >= 15 is 0 Å². The summed E-state index contributed by atoms with van der Waals surface area (Å²) in [6.45, 7) is 4.63. The first kappa shape index (κ1) is 28.6. The average Bonchev–Trinajstić information content (AvgIpc) is 2.90. The molecule has 0 aliphatic heterocycles. The van der Waals surface area contributed by atoms with Crippen LogP contribution < -0.4 is 14.4 Å². The number of anilines is 1. The van der Waals surface area contributed by atoms with Gasteiger partial charge >= 0.3 is 0 Å². The van der Waals surface area contributed by atoms with Crippen LogP contribution in [0.1, 0.15) is 26.3 Å². The maximum absolute atomic E-state index is 13.8. The molecule has 0 heterocycles. The first-order valence-corrected chi connectivity index (χ1v) is 13.5. The third-order valence-corrected chi connectivity index (χ3v) is 7.60. The van der Waals surface area contributed by atoms with Crippen LogP contribution in [0, 0.1) is 5.82 Å². The van der Waals surface area contributed by atoms with Crippen molar-refractivity contribution in [3.8, 4) is 5.75 Å². The molecular weight excluding hydrogens is 509 g/mol. The minimum Gasteiger partial charge on any atom is -0.497 e. The van der Waals surface area contributed by atoms with Crippen molar-refractivity contribution in [3.63, 3.8) is 0 Å². The predicted molar refractivity (Wildman–Crippen MR) is 144 cm³/mol. The number of sulfonamides is 1. The Kier molecular flexibility index (Phi) is 9.46. The topological polar surface area (TPSA) is 96.0 Å². The SMILES string of the molecule is COc1cccc(CN(C(=O)CN(c2ccc(F)cc2)S(=O)(=O)c2ccccc2)[C@H](C)C(=O)NC(C)C)c1. The van der Waals surface area contributed by atoms with E-state index in [0.717, 1.165) is 16.4 Å². The van der Waals surface area contributed by atoms with Crippen molar-refractivity contribution >= 4 is 27.5 Å². The molecule has 0 unspecified atom stereocenters. The summed E-state index contributed by atoms with van der Waals surface area (Å²) in [5.41, 5.74) is 0.811. The zero-order chi connectivity index (χ0) is 27.9. The van der Waals surface area contributed by atoms with E-state index in [9.17, 15) is 22.4 Å². The zero-order valence-corrected chi connectivity index (χ0v) is 22.6. The number of carbonyl (C=O) groups excluding carboxylic acids is 2. The molecule has 2 amide bonds. The Hall–Kier alpha value is -3.92. The fourth-order valence-electron chi connectivity index (χ4n) is 3.81. The van der Waals surface area contributed by atoms with Gasteiger partial charge in [0.15, 0.2) is 0 Å². The molecule has 8 nitrogen and oxygen atoms in total. The van der Waals surface area contributed by atoms with Gasteiger partial charge in [-0.15, -0.1) is 0 Å². The lowest BCUT2D eigenvalue weighted by Crippen LogP contribution is -2.52. The lowest BCUT2D eigenvalue weighted by Gasteiger charge is -2.32. The monoisotopic (exact) mass is 541 g/mol. The van der Waals surface area contributed by atoms with Crippen LogP contribution in [0.2, 0.25) is 0 Å². The van der Waals surface area contributed by atoms with Gasteiger partial charge in [-0.3, -0.25) is 13.9 Å². The molecule has 0 aliphatic carbocycles. The molecule has 10 heteroatoms. The summed E-state index contributed by atoms with van der Waals surface area (Å²) in [6, 6.07) is 18.5. The normalized spacial score (nSPS) is 12.1. The quantitative estimate of drug-likeness (QED) is 0.396. The number of hydrogen-bond donors (Lipinski definition) is 1. The van der Waals surface area contributed by atoms with Crippen LogP contribution in [0.5, 0.6) is 5.75 Å². The largest absolute Gasteiger partial charge is 0.497 e. The summed E-state index contributed by atoms with van der Waals surface area (Å²) in [7, 11) is -2.68. The van der Waals surface area contributed by atoms with Crippen LogP contribution in [0.15, 0.2) is 83.8 Å². The smallest absolute Gasteiger partial charge is 0.264 e. The summed E-state index contributed by atoms with van der Waals surface area (Å²) >= 11 is 0. The maximum Gasteiger partial charge on any atom is 0.264 e. The van der Waals surface area contributed by atoms with Gasteiger partial charge in [-0.25, -0.2) is 12.8 Å². The molecule has 38 heavy (non-hydrogen) atoms. The molecule has 0 aromatic heterocycles. The van der Waals surface area contributed by atoms with Crippen LogP contribution in [-0.4, -0.2) is 50.9 Å². The van der Waals surface area contributed by atoms with Crippen molar-refractivity contribution in [2.75, 3.05) is 18.0 Å². The molecule has 0 fully saturated rings. The molecular formula is C28H32FN3O5S. The van der Waals surface area contributed by atoms with E-state index in [2.05, 4.69) is 5.32 Å². The fourth-order valence-corrected chi connectivity index (χ4v) is 5.25. The molecule has 1 N–H and O–H groups in total. The van der Waals surface area contributed by atoms with Crippen LogP contribution in [0.4, 0.5) is 10.1 Å². The van der Waals surface area contributed by atoms with Crippen molar-refractivity contribution in [2.24, 2.45) is 0 Å². The van der Waals surface area contributed by atoms with Gasteiger partial charge < -0.3 is 15.0 Å². The Labute approximate surface area is 223 Å². The number of hydrogen-bond acceptors (Lipinski definition) is 5. The van der Waals surface area contributed by atoms with E-state index in [0.29, 0.717) is 11.3 Å². The molecule has 0 bridgehead atoms. The van der Waals surface area contributed by atoms with Crippen molar-refractivity contribution in [1.29, 1.82) is 0 Å². The molecule has 0 spiro atoms. The minimum absolute atomic E-state index is 0.0259. The number of ether oxygens (including phenoxy) is 1. The third kappa shape index (κ3) is 7.10. The van der Waals surface area contributed by atoms with Crippen molar-refractivity contribution in [1.82, 2.24) is 10.2 Å². The van der Waals surface area contributed by atoms with E-state index in [1.807, 2.05) is 13.8 Å². The van der Waals surface area contributed by atoms with Gasteiger partial charge in [-0.2, -0.15) is 0 Å². The first-order valence-electron chi connectivity index (χ1n) is 12.1. The van der Waals surface area contributed by atoms with Crippen LogP contribution >= 0.6 is 0 Å². The van der Waals surface area contributed by atoms with Crippen LogP contribution in [0.25, 0.3) is 0 Å². The Bertz CT molecular complexity index is 1350. The molecule has 3 rings (SSSR count). The Balaban J connectivity index is 2.02. The Morgan fingerprint density at radius 2 is 1.61 bits per heavy atom. The molecule has 3 aromatic carbocycles. The second-order valence-corrected chi connectivity index (χ2v) is 10.9. The molecule has 202 valence electrons. The minimum atomic E-state index is -4.20. The number of halogens is 1. The number of nitrogens with one attached hydrogen (secondary N) is 1. The van der Waals surface area contributed by atoms with Gasteiger partial charge in [-0.05, 0) is 74.9 Å². The molecule has 1 atom stereocenters. The number of methoxy groups -OCH3 is 1. The maximum atomic E-state index is 13.8. The number of carbonyl (C=O) groups is 2. The highest BCUT2D eigenvalue weighted by atomic mass is 32.2. The van der Waals surface area contributed by atoms with Gasteiger partial charge in [0.25, 0.3) is 10.0 Å². The number of rotatable bonds is 11. The highest BCUT2D eigenvalue weighted by molar-refractivity contribution is 7.92. The first-order chi connectivity index (χ1) is 18.0. The molecule has 0 radical (unpaired) electrons. The third-order valence-electron chi connectivity index (χ3n) is 5.81.